The summed E-state index contributed by atoms with van der Waals surface area (Å²) in [6.45, 7) is 15.8. The van der Waals surface area contributed by atoms with E-state index in [-0.39, 0.29) is 5.41 Å². The summed E-state index contributed by atoms with van der Waals surface area (Å²) in [6.07, 6.45) is 11.0. The van der Waals surface area contributed by atoms with Gasteiger partial charge in [-0.1, -0.05) is 39.5 Å². The Morgan fingerprint density at radius 1 is 1.18 bits per heavy atom. The van der Waals surface area contributed by atoms with Crippen LogP contribution in [-0.4, -0.2) is 6.10 Å². The third-order valence-electron chi connectivity index (χ3n) is 8.19. The van der Waals surface area contributed by atoms with E-state index in [2.05, 4.69) is 33.9 Å². The van der Waals surface area contributed by atoms with Gasteiger partial charge < -0.3 is 4.74 Å². The van der Waals surface area contributed by atoms with E-state index in [1.165, 1.54) is 56.9 Å². The summed E-state index contributed by atoms with van der Waals surface area (Å²) in [7, 11) is 0. The largest absolute Gasteiger partial charge is 0.494 e. The zero-order valence-electron chi connectivity index (χ0n) is 14.7. The minimum absolute atomic E-state index is 0.198. The minimum Gasteiger partial charge on any atom is -0.494 e. The second kappa shape index (κ2) is 4.42. The number of hydrogen-bond acceptors (Lipinski definition) is 1. The van der Waals surface area contributed by atoms with Crippen LogP contribution in [0.2, 0.25) is 0 Å². The summed E-state index contributed by atoms with van der Waals surface area (Å²) in [5.74, 6) is 2.67. The molecular formula is C21H32O. The Bertz CT molecular complexity index is 530. The molecule has 5 atom stereocenters. The first-order chi connectivity index (χ1) is 10.3. The highest BCUT2D eigenvalue weighted by Crippen LogP contribution is 2.68. The van der Waals surface area contributed by atoms with Crippen molar-refractivity contribution < 1.29 is 4.74 Å². The highest BCUT2D eigenvalue weighted by molar-refractivity contribution is 5.24. The second-order valence-electron chi connectivity index (χ2n) is 9.57. The molecule has 0 amide bonds. The Labute approximate surface area is 136 Å². The lowest BCUT2D eigenvalue weighted by Gasteiger charge is -2.42. The smallest absolute Gasteiger partial charge is 0.102 e. The van der Waals surface area contributed by atoms with Gasteiger partial charge >= 0.3 is 0 Å². The molecule has 4 saturated carbocycles. The Morgan fingerprint density at radius 2 is 1.91 bits per heavy atom. The van der Waals surface area contributed by atoms with Crippen LogP contribution in [0.25, 0.3) is 0 Å². The van der Waals surface area contributed by atoms with Gasteiger partial charge in [-0.3, -0.25) is 0 Å². The van der Waals surface area contributed by atoms with E-state index in [4.69, 9.17) is 4.74 Å². The maximum Gasteiger partial charge on any atom is 0.102 e. The van der Waals surface area contributed by atoms with E-state index in [0.29, 0.717) is 22.9 Å². The van der Waals surface area contributed by atoms with E-state index in [0.717, 1.165) is 11.7 Å². The monoisotopic (exact) mass is 300 g/mol. The maximum atomic E-state index is 6.59. The Hall–Kier alpha value is -0.720. The van der Waals surface area contributed by atoms with Gasteiger partial charge in [-0.15, -0.1) is 0 Å². The van der Waals surface area contributed by atoms with Crippen molar-refractivity contribution in [1.29, 1.82) is 0 Å². The average Bonchev–Trinajstić information content (AvgIpc) is 2.76. The van der Waals surface area contributed by atoms with Crippen LogP contribution in [0.1, 0.15) is 72.1 Å². The van der Waals surface area contributed by atoms with Crippen molar-refractivity contribution in [3.63, 3.8) is 0 Å². The summed E-state index contributed by atoms with van der Waals surface area (Å²) in [5.41, 5.74) is 2.52. The molecule has 5 unspecified atom stereocenters. The molecule has 0 aromatic carbocycles. The van der Waals surface area contributed by atoms with Crippen LogP contribution in [0.4, 0.5) is 0 Å². The fourth-order valence-electron chi connectivity index (χ4n) is 6.12. The average molecular weight is 300 g/mol. The summed E-state index contributed by atoms with van der Waals surface area (Å²) >= 11 is 0. The van der Waals surface area contributed by atoms with Crippen molar-refractivity contribution in [2.45, 2.75) is 78.2 Å². The lowest BCUT2D eigenvalue weighted by Crippen LogP contribution is -2.37. The van der Waals surface area contributed by atoms with Crippen LogP contribution in [0.15, 0.2) is 24.5 Å². The molecule has 0 saturated heterocycles. The van der Waals surface area contributed by atoms with Crippen molar-refractivity contribution in [3.8, 4) is 0 Å². The summed E-state index contributed by atoms with van der Waals surface area (Å²) in [6, 6.07) is 0. The van der Waals surface area contributed by atoms with Gasteiger partial charge in [-0.25, -0.2) is 0 Å². The zero-order valence-corrected chi connectivity index (χ0v) is 14.7. The lowest BCUT2D eigenvalue weighted by molar-refractivity contribution is 0.0119. The molecule has 0 radical (unpaired) electrons. The van der Waals surface area contributed by atoms with Crippen LogP contribution in [0.3, 0.4) is 0 Å². The normalized spacial score (nSPS) is 48.7. The number of allylic oxidation sites excluding steroid dienone is 2. The van der Waals surface area contributed by atoms with Gasteiger partial charge in [0.25, 0.3) is 0 Å². The first kappa shape index (κ1) is 14.8. The predicted molar refractivity (Wildman–Crippen MR) is 91.4 cm³/mol. The Balaban J connectivity index is 1.53. The van der Waals surface area contributed by atoms with E-state index in [9.17, 15) is 0 Å². The van der Waals surface area contributed by atoms with Crippen LogP contribution in [-0.2, 0) is 4.74 Å². The fraction of sp³-hybridized carbons (Fsp3) is 0.810. The molecule has 1 spiro atoms. The number of fused-ring (bicyclic) bond motifs is 3. The topological polar surface area (TPSA) is 9.23 Å². The van der Waals surface area contributed by atoms with Gasteiger partial charge in [-0.2, -0.15) is 0 Å². The third-order valence-corrected chi connectivity index (χ3v) is 8.19. The number of hydrogen-bond donors (Lipinski definition) is 0. The quantitative estimate of drug-likeness (QED) is 0.468. The van der Waals surface area contributed by atoms with Crippen molar-refractivity contribution in [3.05, 3.63) is 24.5 Å². The standard InChI is InChI=1S/C21H32O/c1-14-7-6-9-21(14)10-8-16-11-17(21)18(12-16)22-15(2)20(5)13-19(20,3)4/h16-18H,1-2,6-13H2,3-5H3. The number of rotatable bonds is 3. The predicted octanol–water partition coefficient (Wildman–Crippen LogP) is 5.87. The SMILES string of the molecule is C=C1CCCC12CCC1CC(OC(=C)C3(C)CC3(C)C)C2C1. The van der Waals surface area contributed by atoms with Gasteiger partial charge in [0.2, 0.25) is 0 Å². The van der Waals surface area contributed by atoms with Gasteiger partial charge in [0.15, 0.2) is 0 Å². The molecular weight excluding hydrogens is 268 g/mol. The molecule has 0 N–H and O–H groups in total. The molecule has 1 nitrogen and oxygen atoms in total. The summed E-state index contributed by atoms with van der Waals surface area (Å²) < 4.78 is 6.59. The highest BCUT2D eigenvalue weighted by Gasteiger charge is 2.62. The molecule has 4 aliphatic carbocycles. The Morgan fingerprint density at radius 3 is 2.50 bits per heavy atom. The molecule has 0 heterocycles. The lowest BCUT2D eigenvalue weighted by atomic mass is 9.63. The van der Waals surface area contributed by atoms with Gasteiger partial charge in [0, 0.05) is 11.3 Å². The van der Waals surface area contributed by atoms with E-state index in [1.807, 2.05) is 0 Å². The van der Waals surface area contributed by atoms with E-state index in [1.54, 1.807) is 0 Å². The van der Waals surface area contributed by atoms with E-state index >= 15 is 0 Å². The first-order valence-corrected chi connectivity index (χ1v) is 9.33. The van der Waals surface area contributed by atoms with Crippen LogP contribution in [0, 0.1) is 28.1 Å². The zero-order chi connectivity index (χ0) is 15.8. The molecule has 2 bridgehead atoms. The molecule has 0 aromatic heterocycles. The molecule has 1 heteroatoms. The molecule has 0 aliphatic heterocycles. The van der Waals surface area contributed by atoms with Crippen molar-refractivity contribution in [2.24, 2.45) is 28.1 Å². The highest BCUT2D eigenvalue weighted by atomic mass is 16.5. The van der Waals surface area contributed by atoms with E-state index < -0.39 is 0 Å². The molecule has 4 rings (SSSR count). The van der Waals surface area contributed by atoms with Crippen molar-refractivity contribution in [1.82, 2.24) is 0 Å². The Kier molecular flexibility index (Phi) is 2.99. The van der Waals surface area contributed by atoms with Gasteiger partial charge in [0.05, 0.1) is 5.76 Å². The maximum absolute atomic E-state index is 6.59. The van der Waals surface area contributed by atoms with Gasteiger partial charge in [-0.05, 0) is 68.1 Å². The molecule has 4 fully saturated rings. The van der Waals surface area contributed by atoms with Crippen molar-refractivity contribution >= 4 is 0 Å². The molecule has 22 heavy (non-hydrogen) atoms. The molecule has 4 aliphatic rings. The minimum atomic E-state index is 0.198. The second-order valence-corrected chi connectivity index (χ2v) is 9.57. The number of ether oxygens (including phenoxy) is 1. The van der Waals surface area contributed by atoms with Crippen LogP contribution < -0.4 is 0 Å². The summed E-state index contributed by atoms with van der Waals surface area (Å²) in [5, 5.41) is 0. The summed E-state index contributed by atoms with van der Waals surface area (Å²) in [4.78, 5) is 0. The van der Waals surface area contributed by atoms with Crippen LogP contribution in [0.5, 0.6) is 0 Å². The molecule has 0 aromatic rings. The first-order valence-electron chi connectivity index (χ1n) is 9.33. The third kappa shape index (κ3) is 1.83. The fourth-order valence-corrected chi connectivity index (χ4v) is 6.12. The molecule has 122 valence electrons. The van der Waals surface area contributed by atoms with Crippen LogP contribution >= 0.6 is 0 Å². The van der Waals surface area contributed by atoms with Crippen molar-refractivity contribution in [2.75, 3.05) is 0 Å². The van der Waals surface area contributed by atoms with Gasteiger partial charge in [0.1, 0.15) is 6.10 Å².